The van der Waals surface area contributed by atoms with Crippen molar-refractivity contribution in [2.45, 2.75) is 50.7 Å². The molecule has 0 spiro atoms. The Hall–Kier alpha value is -1.95. The Kier molecular flexibility index (Phi) is 2.95. The van der Waals surface area contributed by atoms with E-state index in [1.54, 1.807) is 0 Å². The first-order valence-corrected chi connectivity index (χ1v) is 8.52. The molecule has 6 rings (SSSR count). The first-order chi connectivity index (χ1) is 11.3. The number of nitrogens with zero attached hydrogens (tertiary/aromatic N) is 5. The van der Waals surface area contributed by atoms with Crippen molar-refractivity contribution in [1.82, 2.24) is 20.0 Å². The number of hydrogen-bond donors (Lipinski definition) is 0. The fourth-order valence-corrected chi connectivity index (χ4v) is 3.90. The molecule has 0 radical (unpaired) electrons. The lowest BCUT2D eigenvalue weighted by Gasteiger charge is -2.56. The van der Waals surface area contributed by atoms with Crippen LogP contribution in [0.4, 0.5) is 5.82 Å². The van der Waals surface area contributed by atoms with Gasteiger partial charge >= 0.3 is 0 Å². The Morgan fingerprint density at radius 2 is 2.09 bits per heavy atom. The number of aromatic nitrogens is 3. The summed E-state index contributed by atoms with van der Waals surface area (Å²) in [6.45, 7) is 4.95. The molecule has 3 aliphatic heterocycles. The monoisotopic (exact) mass is 311 g/mol. The van der Waals surface area contributed by atoms with Crippen LogP contribution in [0.2, 0.25) is 0 Å². The summed E-state index contributed by atoms with van der Waals surface area (Å²) < 4.78 is 5.48. The average molecular weight is 311 g/mol. The van der Waals surface area contributed by atoms with Gasteiger partial charge in [-0.2, -0.15) is 0 Å². The fourth-order valence-electron chi connectivity index (χ4n) is 3.90. The molecular formula is C17H21N5O. The van der Waals surface area contributed by atoms with Crippen LogP contribution in [-0.2, 0) is 6.54 Å². The lowest BCUT2D eigenvalue weighted by Crippen LogP contribution is -2.68. The number of piperidine rings is 1. The highest BCUT2D eigenvalue weighted by molar-refractivity contribution is 5.40. The molecule has 0 aromatic carbocycles. The van der Waals surface area contributed by atoms with Crippen molar-refractivity contribution < 1.29 is 4.52 Å². The van der Waals surface area contributed by atoms with Crippen LogP contribution in [0.5, 0.6) is 0 Å². The third-order valence-electron chi connectivity index (χ3n) is 5.33. The topological polar surface area (TPSA) is 58.3 Å². The summed E-state index contributed by atoms with van der Waals surface area (Å²) in [5, 5.41) is 4.26. The quantitative estimate of drug-likeness (QED) is 0.862. The van der Waals surface area contributed by atoms with Gasteiger partial charge < -0.3 is 9.42 Å². The lowest BCUT2D eigenvalue weighted by molar-refractivity contribution is -0.0103. The van der Waals surface area contributed by atoms with Crippen molar-refractivity contribution in [3.63, 3.8) is 0 Å². The highest BCUT2D eigenvalue weighted by atomic mass is 16.5. The number of aryl methyl sites for hydroxylation is 1. The Labute approximate surface area is 135 Å². The second kappa shape index (κ2) is 5.03. The van der Waals surface area contributed by atoms with Crippen LogP contribution in [0.15, 0.2) is 22.9 Å². The molecule has 1 aliphatic carbocycles. The van der Waals surface area contributed by atoms with E-state index in [4.69, 9.17) is 4.52 Å². The Bertz CT molecular complexity index is 713. The van der Waals surface area contributed by atoms with Crippen LogP contribution in [0, 0.1) is 6.92 Å². The highest BCUT2D eigenvalue weighted by Gasteiger charge is 2.45. The van der Waals surface area contributed by atoms with Crippen molar-refractivity contribution in [3.05, 3.63) is 35.6 Å². The molecule has 4 aliphatic rings. The summed E-state index contributed by atoms with van der Waals surface area (Å²) in [6, 6.07) is 5.38. The van der Waals surface area contributed by atoms with Crippen molar-refractivity contribution >= 4 is 5.82 Å². The van der Waals surface area contributed by atoms with E-state index in [1.165, 1.54) is 19.3 Å². The molecule has 6 heteroatoms. The second-order valence-electron chi connectivity index (χ2n) is 7.08. The van der Waals surface area contributed by atoms with Crippen molar-refractivity contribution in [2.24, 2.45) is 0 Å². The average Bonchev–Trinajstić information content (AvgIpc) is 3.31. The van der Waals surface area contributed by atoms with Gasteiger partial charge in [0.15, 0.2) is 0 Å². The third-order valence-corrected chi connectivity index (χ3v) is 5.33. The molecule has 2 aromatic heterocycles. The van der Waals surface area contributed by atoms with E-state index in [0.29, 0.717) is 18.0 Å². The molecule has 5 heterocycles. The number of rotatable bonds is 4. The summed E-state index contributed by atoms with van der Waals surface area (Å²) in [5.74, 6) is 3.63. The van der Waals surface area contributed by atoms with E-state index in [0.717, 1.165) is 42.7 Å². The van der Waals surface area contributed by atoms with Crippen LogP contribution in [0.25, 0.3) is 0 Å². The maximum absolute atomic E-state index is 5.48. The molecule has 2 aromatic rings. The van der Waals surface area contributed by atoms with E-state index in [2.05, 4.69) is 31.0 Å². The molecule has 2 unspecified atom stereocenters. The predicted octanol–water partition coefficient (Wildman–Crippen LogP) is 2.11. The summed E-state index contributed by atoms with van der Waals surface area (Å²) in [7, 11) is 0. The van der Waals surface area contributed by atoms with Crippen LogP contribution >= 0.6 is 0 Å². The number of anilines is 1. The zero-order valence-electron chi connectivity index (χ0n) is 13.4. The second-order valence-corrected chi connectivity index (χ2v) is 7.08. The predicted molar refractivity (Wildman–Crippen MR) is 85.2 cm³/mol. The molecule has 1 saturated carbocycles. The first kappa shape index (κ1) is 13.5. The van der Waals surface area contributed by atoms with Gasteiger partial charge in [-0.25, -0.2) is 9.97 Å². The number of fused-ring (bicyclic) bond motifs is 2. The molecular weight excluding hydrogens is 290 g/mol. The zero-order chi connectivity index (χ0) is 15.4. The number of hydrogen-bond acceptors (Lipinski definition) is 6. The highest BCUT2D eigenvalue weighted by Crippen LogP contribution is 2.41. The molecule has 2 bridgehead atoms. The summed E-state index contributed by atoms with van der Waals surface area (Å²) in [4.78, 5) is 13.7. The summed E-state index contributed by atoms with van der Waals surface area (Å²) in [6.07, 6.45) is 5.66. The van der Waals surface area contributed by atoms with Gasteiger partial charge in [0, 0.05) is 49.9 Å². The van der Waals surface area contributed by atoms with E-state index in [9.17, 15) is 0 Å². The molecule has 2 atom stereocenters. The molecule has 6 nitrogen and oxygen atoms in total. The van der Waals surface area contributed by atoms with Gasteiger partial charge in [-0.15, -0.1) is 0 Å². The third kappa shape index (κ3) is 2.41. The van der Waals surface area contributed by atoms with Crippen LogP contribution in [-0.4, -0.2) is 45.2 Å². The SMILES string of the molecule is Cc1nccc(N2CC3CC(C2)N3Cc2cc(C3CC3)on2)n1. The maximum Gasteiger partial charge on any atom is 0.140 e. The minimum Gasteiger partial charge on any atom is -0.361 e. The summed E-state index contributed by atoms with van der Waals surface area (Å²) >= 11 is 0. The van der Waals surface area contributed by atoms with Gasteiger partial charge in [0.2, 0.25) is 0 Å². The number of piperazine rings is 1. The molecule has 0 amide bonds. The van der Waals surface area contributed by atoms with Crippen molar-refractivity contribution in [3.8, 4) is 0 Å². The van der Waals surface area contributed by atoms with Crippen molar-refractivity contribution in [2.75, 3.05) is 18.0 Å². The first-order valence-electron chi connectivity index (χ1n) is 8.52. The molecule has 23 heavy (non-hydrogen) atoms. The van der Waals surface area contributed by atoms with Gasteiger partial charge in [-0.05, 0) is 32.3 Å². The van der Waals surface area contributed by atoms with Crippen LogP contribution in [0.1, 0.15) is 42.5 Å². The van der Waals surface area contributed by atoms with Gasteiger partial charge in [-0.3, -0.25) is 4.90 Å². The van der Waals surface area contributed by atoms with Gasteiger partial charge in [-0.1, -0.05) is 5.16 Å². The zero-order valence-corrected chi connectivity index (χ0v) is 13.4. The van der Waals surface area contributed by atoms with Crippen LogP contribution < -0.4 is 4.90 Å². The van der Waals surface area contributed by atoms with E-state index in [1.807, 2.05) is 19.2 Å². The van der Waals surface area contributed by atoms with Gasteiger partial charge in [0.05, 0.1) is 5.69 Å². The van der Waals surface area contributed by atoms with Crippen LogP contribution in [0.3, 0.4) is 0 Å². The minimum atomic E-state index is 0.602. The standard InChI is InChI=1S/C17H21N5O/c1-11-18-5-4-17(19-11)21-9-14-7-15(10-21)22(14)8-13-6-16(23-20-13)12-2-3-12/h4-6,12,14-15H,2-3,7-10H2,1H3. The molecule has 120 valence electrons. The largest absolute Gasteiger partial charge is 0.361 e. The van der Waals surface area contributed by atoms with Gasteiger partial charge in [0.1, 0.15) is 17.4 Å². The molecule has 3 saturated heterocycles. The lowest BCUT2D eigenvalue weighted by atomic mass is 9.87. The van der Waals surface area contributed by atoms with E-state index in [-0.39, 0.29) is 0 Å². The van der Waals surface area contributed by atoms with Gasteiger partial charge in [0.25, 0.3) is 0 Å². The summed E-state index contributed by atoms with van der Waals surface area (Å²) in [5.41, 5.74) is 1.09. The Morgan fingerprint density at radius 1 is 1.26 bits per heavy atom. The van der Waals surface area contributed by atoms with E-state index >= 15 is 0 Å². The Balaban J connectivity index is 1.25. The fraction of sp³-hybridized carbons (Fsp3) is 0.588. The Morgan fingerprint density at radius 3 is 2.83 bits per heavy atom. The van der Waals surface area contributed by atoms with E-state index < -0.39 is 0 Å². The normalized spacial score (nSPS) is 27.1. The molecule has 0 N–H and O–H groups in total. The minimum absolute atomic E-state index is 0.602. The smallest absolute Gasteiger partial charge is 0.140 e. The van der Waals surface area contributed by atoms with Crippen molar-refractivity contribution in [1.29, 1.82) is 0 Å². The molecule has 4 fully saturated rings. The maximum atomic E-state index is 5.48.